The van der Waals surface area contributed by atoms with Crippen LogP contribution in [0.3, 0.4) is 0 Å². The van der Waals surface area contributed by atoms with Crippen LogP contribution in [0.5, 0.6) is 0 Å². The maximum atomic E-state index is 11.4. The van der Waals surface area contributed by atoms with Gasteiger partial charge in [0.2, 0.25) is 0 Å². The lowest BCUT2D eigenvalue weighted by molar-refractivity contribution is 0.569. The van der Waals surface area contributed by atoms with Gasteiger partial charge < -0.3 is 5.73 Å². The van der Waals surface area contributed by atoms with Gasteiger partial charge in [0.25, 0.3) is 0 Å². The largest absolute Gasteiger partial charge is 0.323 e. The van der Waals surface area contributed by atoms with Crippen molar-refractivity contribution in [3.05, 3.63) is 18.0 Å². The molecule has 2 unspecified atom stereocenters. The van der Waals surface area contributed by atoms with Crippen LogP contribution in [-0.4, -0.2) is 29.7 Å². The molecule has 0 spiro atoms. The molecule has 0 amide bonds. The monoisotopic (exact) mass is 245 g/mol. The first kappa shape index (κ1) is 13.2. The average Bonchev–Trinajstić information content (AvgIpc) is 2.63. The van der Waals surface area contributed by atoms with Crippen molar-refractivity contribution in [2.24, 2.45) is 5.73 Å². The molecule has 5 nitrogen and oxygen atoms in total. The third-order valence-corrected chi connectivity index (χ3v) is 4.32. The molecule has 0 aliphatic heterocycles. The van der Waals surface area contributed by atoms with Crippen molar-refractivity contribution >= 4 is 9.84 Å². The van der Waals surface area contributed by atoms with E-state index < -0.39 is 21.1 Å². The van der Waals surface area contributed by atoms with Crippen molar-refractivity contribution in [2.45, 2.75) is 38.1 Å². The fraction of sp³-hybridized carbons (Fsp3) is 0.700. The molecular weight excluding hydrogens is 226 g/mol. The highest BCUT2D eigenvalue weighted by Crippen LogP contribution is 2.18. The van der Waals surface area contributed by atoms with Gasteiger partial charge >= 0.3 is 0 Å². The molecule has 2 N–H and O–H groups in total. The first-order valence-electron chi connectivity index (χ1n) is 5.33. The minimum atomic E-state index is -3.12. The van der Waals surface area contributed by atoms with E-state index in [0.29, 0.717) is 0 Å². The number of hydrogen-bond donors (Lipinski definition) is 1. The third-order valence-electron chi connectivity index (χ3n) is 2.67. The van der Waals surface area contributed by atoms with E-state index in [-0.39, 0.29) is 0 Å². The molecule has 1 rings (SSSR count). The summed E-state index contributed by atoms with van der Waals surface area (Å²) in [7, 11) is -3.12. The zero-order chi connectivity index (χ0) is 12.3. The fourth-order valence-corrected chi connectivity index (χ4v) is 2.13. The summed E-state index contributed by atoms with van der Waals surface area (Å²) in [5.74, 6) is 0. The fourth-order valence-electron chi connectivity index (χ4n) is 1.44. The molecule has 0 bridgehead atoms. The van der Waals surface area contributed by atoms with Crippen molar-refractivity contribution in [3.63, 3.8) is 0 Å². The number of aryl methyl sites for hydroxylation is 1. The van der Waals surface area contributed by atoms with Gasteiger partial charge in [0.1, 0.15) is 0 Å². The van der Waals surface area contributed by atoms with Gasteiger partial charge in [-0.15, -0.1) is 0 Å². The molecule has 0 saturated carbocycles. The van der Waals surface area contributed by atoms with Crippen LogP contribution >= 0.6 is 0 Å². The highest BCUT2D eigenvalue weighted by Gasteiger charge is 2.24. The summed E-state index contributed by atoms with van der Waals surface area (Å²) in [6.07, 6.45) is 5.64. The molecule has 0 aromatic carbocycles. The highest BCUT2D eigenvalue weighted by atomic mass is 32.2. The van der Waals surface area contributed by atoms with Crippen LogP contribution in [0, 0.1) is 0 Å². The minimum Gasteiger partial charge on any atom is -0.323 e. The normalized spacial score (nSPS) is 16.0. The number of aromatic nitrogens is 2. The van der Waals surface area contributed by atoms with E-state index in [9.17, 15) is 8.42 Å². The predicted molar refractivity (Wildman–Crippen MR) is 63.8 cm³/mol. The lowest BCUT2D eigenvalue weighted by Gasteiger charge is -2.16. The van der Waals surface area contributed by atoms with Crippen LogP contribution in [0.4, 0.5) is 0 Å². The zero-order valence-electron chi connectivity index (χ0n) is 9.92. The van der Waals surface area contributed by atoms with E-state index >= 15 is 0 Å². The molecule has 0 aliphatic rings. The van der Waals surface area contributed by atoms with Crippen LogP contribution in [-0.2, 0) is 16.4 Å². The van der Waals surface area contributed by atoms with Crippen molar-refractivity contribution < 1.29 is 8.42 Å². The summed E-state index contributed by atoms with van der Waals surface area (Å²) in [6.45, 7) is 4.50. The number of hydrogen-bond acceptors (Lipinski definition) is 4. The number of rotatable bonds is 5. The topological polar surface area (TPSA) is 78.0 Å². The van der Waals surface area contributed by atoms with E-state index in [1.807, 2.05) is 6.20 Å². The highest BCUT2D eigenvalue weighted by molar-refractivity contribution is 7.91. The second-order valence-corrected chi connectivity index (χ2v) is 6.50. The Kier molecular flexibility index (Phi) is 4.09. The summed E-state index contributed by atoms with van der Waals surface area (Å²) < 4.78 is 24.5. The maximum absolute atomic E-state index is 11.4. The molecule has 0 saturated heterocycles. The molecular formula is C10H19N3O2S. The molecule has 1 aromatic rings. The second-order valence-electron chi connectivity index (χ2n) is 4.10. The van der Waals surface area contributed by atoms with Gasteiger partial charge in [-0.05, 0) is 13.3 Å². The van der Waals surface area contributed by atoms with Gasteiger partial charge in [-0.25, -0.2) is 8.42 Å². The zero-order valence-corrected chi connectivity index (χ0v) is 10.7. The van der Waals surface area contributed by atoms with E-state index in [4.69, 9.17) is 5.73 Å². The van der Waals surface area contributed by atoms with Gasteiger partial charge in [-0.1, -0.05) is 6.92 Å². The Morgan fingerprint density at radius 1 is 1.56 bits per heavy atom. The summed E-state index contributed by atoms with van der Waals surface area (Å²) >= 11 is 0. The summed E-state index contributed by atoms with van der Waals surface area (Å²) in [5.41, 5.74) is 6.67. The lowest BCUT2D eigenvalue weighted by atomic mass is 10.1. The van der Waals surface area contributed by atoms with Gasteiger partial charge in [0, 0.05) is 30.6 Å². The molecule has 92 valence electrons. The smallest absolute Gasteiger partial charge is 0.151 e. The molecule has 1 heterocycles. The van der Waals surface area contributed by atoms with Gasteiger partial charge in [-0.2, -0.15) is 5.10 Å². The van der Waals surface area contributed by atoms with Gasteiger partial charge in [0.15, 0.2) is 9.84 Å². The Balaban J connectivity index is 2.84. The van der Waals surface area contributed by atoms with Crippen LogP contribution in [0.1, 0.15) is 31.9 Å². The van der Waals surface area contributed by atoms with Gasteiger partial charge in [-0.3, -0.25) is 4.68 Å². The Labute approximate surface area is 96.6 Å². The van der Waals surface area contributed by atoms with Crippen molar-refractivity contribution in [1.82, 2.24) is 9.78 Å². The van der Waals surface area contributed by atoms with Crippen LogP contribution in [0.2, 0.25) is 0 Å². The van der Waals surface area contributed by atoms with E-state index in [1.165, 1.54) is 6.26 Å². The second kappa shape index (κ2) is 4.97. The molecule has 0 fully saturated rings. The molecule has 16 heavy (non-hydrogen) atoms. The van der Waals surface area contributed by atoms with Crippen molar-refractivity contribution in [1.29, 1.82) is 0 Å². The summed E-state index contributed by atoms with van der Waals surface area (Å²) in [6, 6.07) is -0.513. The van der Waals surface area contributed by atoms with Crippen LogP contribution in [0.25, 0.3) is 0 Å². The molecule has 0 radical (unpaired) electrons. The van der Waals surface area contributed by atoms with E-state index in [2.05, 4.69) is 12.0 Å². The lowest BCUT2D eigenvalue weighted by Crippen LogP contribution is -2.30. The van der Waals surface area contributed by atoms with Crippen LogP contribution < -0.4 is 5.73 Å². The van der Waals surface area contributed by atoms with Crippen molar-refractivity contribution in [3.8, 4) is 0 Å². The predicted octanol–water partition coefficient (Wildman–Crippen LogP) is 0.726. The summed E-state index contributed by atoms with van der Waals surface area (Å²) in [4.78, 5) is 0. The number of nitrogens with zero attached hydrogens (tertiary/aromatic N) is 2. The number of sulfone groups is 1. The third kappa shape index (κ3) is 3.05. The molecule has 2 atom stereocenters. The quantitative estimate of drug-likeness (QED) is 0.829. The maximum Gasteiger partial charge on any atom is 0.151 e. The SMILES string of the molecule is CCCn1cc(C(N)C(C)S(C)(=O)=O)cn1. The Morgan fingerprint density at radius 2 is 2.19 bits per heavy atom. The van der Waals surface area contributed by atoms with Crippen LogP contribution in [0.15, 0.2) is 12.4 Å². The molecule has 6 heteroatoms. The molecule has 1 aromatic heterocycles. The van der Waals surface area contributed by atoms with Gasteiger partial charge in [0.05, 0.1) is 11.4 Å². The average molecular weight is 245 g/mol. The summed E-state index contributed by atoms with van der Waals surface area (Å²) in [5, 5.41) is 3.54. The first-order chi connectivity index (χ1) is 7.36. The van der Waals surface area contributed by atoms with E-state index in [1.54, 1.807) is 17.8 Å². The van der Waals surface area contributed by atoms with E-state index in [0.717, 1.165) is 18.5 Å². The van der Waals surface area contributed by atoms with Crippen molar-refractivity contribution in [2.75, 3.05) is 6.26 Å². The number of nitrogens with two attached hydrogens (primary N) is 1. The standard InChI is InChI=1S/C10H19N3O2S/c1-4-5-13-7-9(6-12-13)10(11)8(2)16(3,14)15/h6-8,10H,4-5,11H2,1-3H3. The Morgan fingerprint density at radius 3 is 2.69 bits per heavy atom. The first-order valence-corrected chi connectivity index (χ1v) is 7.28. The Hall–Kier alpha value is -0.880. The Bertz CT molecular complexity index is 439. The minimum absolute atomic E-state index is 0.513. The molecule has 0 aliphatic carbocycles.